The number of carbonyl (C=O) groups excluding carboxylic acids is 1. The third-order valence-corrected chi connectivity index (χ3v) is 7.02. The molecule has 0 aromatic rings. The Morgan fingerprint density at radius 1 is 1.30 bits per heavy atom. The highest BCUT2D eigenvalue weighted by atomic mass is 32.2. The number of amides is 2. The standard InChI is InChI=1S/C14H25NO4S.C3H4N2O2/c1-11(2)10-20(17,18)13-4-3-12(9-13)14(16)15-5-7-19-8-6-15;4-1-2-5-3(6)7/h11-13H,3-10H2,1-2H3;5H,2H2,(H,6,7)/t12-,13-;/m1./s1. The molecule has 0 aromatic carbocycles. The maximum Gasteiger partial charge on any atom is 0.405 e. The van der Waals surface area contributed by atoms with Gasteiger partial charge in [0.25, 0.3) is 0 Å². The van der Waals surface area contributed by atoms with Gasteiger partial charge in [-0.2, -0.15) is 5.26 Å². The maximum absolute atomic E-state index is 12.4. The van der Waals surface area contributed by atoms with Gasteiger partial charge in [-0.15, -0.1) is 0 Å². The molecule has 2 fully saturated rings. The number of rotatable bonds is 5. The molecule has 10 heteroatoms. The van der Waals surface area contributed by atoms with Crippen molar-refractivity contribution in [2.45, 2.75) is 38.4 Å². The van der Waals surface area contributed by atoms with Gasteiger partial charge in [0.15, 0.2) is 9.84 Å². The Hall–Kier alpha value is -1.86. The summed E-state index contributed by atoms with van der Waals surface area (Å²) >= 11 is 0. The second kappa shape index (κ2) is 11.1. The topological polar surface area (TPSA) is 137 Å². The van der Waals surface area contributed by atoms with Crippen LogP contribution in [-0.2, 0) is 19.4 Å². The van der Waals surface area contributed by atoms with Crippen LogP contribution >= 0.6 is 0 Å². The number of carbonyl (C=O) groups is 2. The molecule has 2 rings (SSSR count). The monoisotopic (exact) mass is 403 g/mol. The predicted octanol–water partition coefficient (Wildman–Crippen LogP) is 0.862. The van der Waals surface area contributed by atoms with Crippen molar-refractivity contribution in [2.75, 3.05) is 38.6 Å². The number of nitriles is 1. The SMILES string of the molecule is CC(C)CS(=O)(=O)[C@@H]1CC[C@@H](C(=O)N2CCOCC2)C1.N#CCNC(=O)O. The van der Waals surface area contributed by atoms with Gasteiger partial charge in [-0.25, -0.2) is 13.2 Å². The van der Waals surface area contributed by atoms with Gasteiger partial charge >= 0.3 is 6.09 Å². The largest absolute Gasteiger partial charge is 0.465 e. The molecular formula is C17H29N3O6S. The first kappa shape index (κ1) is 23.2. The van der Waals surface area contributed by atoms with Crippen LogP contribution in [0.25, 0.3) is 0 Å². The second-order valence-corrected chi connectivity index (χ2v) is 9.44. The lowest BCUT2D eigenvalue weighted by Crippen LogP contribution is -2.43. The van der Waals surface area contributed by atoms with E-state index in [4.69, 9.17) is 15.1 Å². The molecule has 9 nitrogen and oxygen atoms in total. The zero-order chi connectivity index (χ0) is 20.4. The maximum atomic E-state index is 12.4. The lowest BCUT2D eigenvalue weighted by atomic mass is 10.1. The first-order valence-electron chi connectivity index (χ1n) is 9.09. The number of ether oxygens (including phenoxy) is 1. The third-order valence-electron chi connectivity index (χ3n) is 4.45. The molecule has 2 aliphatic rings. The molecule has 154 valence electrons. The van der Waals surface area contributed by atoms with Crippen LogP contribution in [0.5, 0.6) is 0 Å². The van der Waals surface area contributed by atoms with Gasteiger partial charge in [-0.1, -0.05) is 13.8 Å². The van der Waals surface area contributed by atoms with Gasteiger partial charge in [0.1, 0.15) is 6.54 Å². The lowest BCUT2D eigenvalue weighted by Gasteiger charge is -2.29. The molecule has 0 aromatic heterocycles. The Morgan fingerprint density at radius 2 is 1.93 bits per heavy atom. The molecule has 2 atom stereocenters. The summed E-state index contributed by atoms with van der Waals surface area (Å²) < 4.78 is 29.7. The number of sulfone groups is 1. The fraction of sp³-hybridized carbons (Fsp3) is 0.824. The average Bonchev–Trinajstić information content (AvgIpc) is 3.10. The zero-order valence-electron chi connectivity index (χ0n) is 15.9. The Balaban J connectivity index is 0.000000445. The first-order chi connectivity index (χ1) is 12.7. The van der Waals surface area contributed by atoms with Gasteiger partial charge in [-0.3, -0.25) is 4.79 Å². The fourth-order valence-corrected chi connectivity index (χ4v) is 5.47. The van der Waals surface area contributed by atoms with E-state index in [1.807, 2.05) is 24.1 Å². The summed E-state index contributed by atoms with van der Waals surface area (Å²) in [4.78, 5) is 23.7. The van der Waals surface area contributed by atoms with Crippen molar-refractivity contribution in [2.24, 2.45) is 11.8 Å². The normalized spacial score (nSPS) is 22.5. The number of hydrogen-bond donors (Lipinski definition) is 2. The number of hydrogen-bond acceptors (Lipinski definition) is 6. The van der Waals surface area contributed by atoms with E-state index in [1.54, 1.807) is 6.07 Å². The van der Waals surface area contributed by atoms with E-state index in [0.717, 1.165) is 0 Å². The van der Waals surface area contributed by atoms with Gasteiger partial charge in [-0.05, 0) is 25.2 Å². The fourth-order valence-electron chi connectivity index (χ4n) is 3.25. The minimum atomic E-state index is -3.05. The molecule has 1 saturated carbocycles. The second-order valence-electron chi connectivity index (χ2n) is 7.11. The van der Waals surface area contributed by atoms with Crippen LogP contribution in [0.4, 0.5) is 4.79 Å². The van der Waals surface area contributed by atoms with Gasteiger partial charge in [0.2, 0.25) is 5.91 Å². The Labute approximate surface area is 160 Å². The van der Waals surface area contributed by atoms with Crippen LogP contribution in [-0.4, -0.2) is 74.3 Å². The molecule has 1 aliphatic carbocycles. The first-order valence-corrected chi connectivity index (χ1v) is 10.8. The minimum absolute atomic E-state index is 0.111. The molecular weight excluding hydrogens is 374 g/mol. The molecule has 0 unspecified atom stereocenters. The van der Waals surface area contributed by atoms with Crippen LogP contribution in [0.2, 0.25) is 0 Å². The molecule has 1 saturated heterocycles. The summed E-state index contributed by atoms with van der Waals surface area (Å²) in [6.07, 6.45) is 0.681. The van der Waals surface area contributed by atoms with Crippen LogP contribution in [0.3, 0.4) is 0 Å². The molecule has 27 heavy (non-hydrogen) atoms. The number of nitrogens with zero attached hydrogens (tertiary/aromatic N) is 2. The van der Waals surface area contributed by atoms with E-state index < -0.39 is 15.9 Å². The summed E-state index contributed by atoms with van der Waals surface area (Å²) in [5.74, 6) is 0.389. The number of nitrogens with one attached hydrogen (secondary N) is 1. The molecule has 0 spiro atoms. The van der Waals surface area contributed by atoms with E-state index in [2.05, 4.69) is 0 Å². The summed E-state index contributed by atoms with van der Waals surface area (Å²) in [6, 6.07) is 1.61. The van der Waals surface area contributed by atoms with Crippen molar-refractivity contribution < 1.29 is 27.9 Å². The number of carboxylic acid groups (broad SMARTS) is 1. The smallest absolute Gasteiger partial charge is 0.405 e. The van der Waals surface area contributed by atoms with Crippen molar-refractivity contribution >= 4 is 21.8 Å². The zero-order valence-corrected chi connectivity index (χ0v) is 16.7. The third kappa shape index (κ3) is 8.13. The van der Waals surface area contributed by atoms with E-state index in [-0.39, 0.29) is 35.3 Å². The highest BCUT2D eigenvalue weighted by Crippen LogP contribution is 2.33. The predicted molar refractivity (Wildman–Crippen MR) is 98.8 cm³/mol. The van der Waals surface area contributed by atoms with Crippen LogP contribution in [0, 0.1) is 23.2 Å². The molecule has 1 heterocycles. The molecule has 0 bridgehead atoms. The molecule has 1 aliphatic heterocycles. The van der Waals surface area contributed by atoms with Crippen molar-refractivity contribution in [1.29, 1.82) is 5.26 Å². The van der Waals surface area contributed by atoms with Crippen LogP contribution in [0.1, 0.15) is 33.1 Å². The van der Waals surface area contributed by atoms with Crippen LogP contribution < -0.4 is 5.32 Å². The quantitative estimate of drug-likeness (QED) is 0.650. The van der Waals surface area contributed by atoms with E-state index in [9.17, 15) is 18.0 Å². The van der Waals surface area contributed by atoms with E-state index in [0.29, 0.717) is 45.6 Å². The molecule has 2 amide bonds. The van der Waals surface area contributed by atoms with Crippen molar-refractivity contribution in [3.05, 3.63) is 0 Å². The van der Waals surface area contributed by atoms with E-state index >= 15 is 0 Å². The Bertz CT molecular complexity index is 638. The minimum Gasteiger partial charge on any atom is -0.465 e. The number of morpholine rings is 1. The summed E-state index contributed by atoms with van der Waals surface area (Å²) in [5, 5.41) is 17.1. The Kier molecular flexibility index (Phi) is 9.52. The van der Waals surface area contributed by atoms with Crippen LogP contribution in [0.15, 0.2) is 0 Å². The Morgan fingerprint density at radius 3 is 2.41 bits per heavy atom. The lowest BCUT2D eigenvalue weighted by molar-refractivity contribution is -0.139. The van der Waals surface area contributed by atoms with Gasteiger partial charge in [0, 0.05) is 19.0 Å². The summed E-state index contributed by atoms with van der Waals surface area (Å²) in [6.45, 7) is 6.15. The summed E-state index contributed by atoms with van der Waals surface area (Å²) in [5.41, 5.74) is 0. The van der Waals surface area contributed by atoms with E-state index in [1.165, 1.54) is 0 Å². The molecule has 0 radical (unpaired) electrons. The van der Waals surface area contributed by atoms with Crippen molar-refractivity contribution in [3.63, 3.8) is 0 Å². The average molecular weight is 404 g/mol. The highest BCUT2D eigenvalue weighted by Gasteiger charge is 2.39. The molecule has 2 N–H and O–H groups in total. The highest BCUT2D eigenvalue weighted by molar-refractivity contribution is 7.92. The van der Waals surface area contributed by atoms with Gasteiger partial charge < -0.3 is 20.1 Å². The van der Waals surface area contributed by atoms with Crippen molar-refractivity contribution in [1.82, 2.24) is 10.2 Å². The van der Waals surface area contributed by atoms with Gasteiger partial charge in [0.05, 0.1) is 30.3 Å². The summed E-state index contributed by atoms with van der Waals surface area (Å²) in [7, 11) is -3.05. The van der Waals surface area contributed by atoms with Crippen molar-refractivity contribution in [3.8, 4) is 6.07 Å².